The topological polar surface area (TPSA) is 54.4 Å². The van der Waals surface area contributed by atoms with E-state index in [0.29, 0.717) is 22.9 Å². The Balaban J connectivity index is 2.35. The normalized spacial score (nSPS) is 10.5. The first-order valence-electron chi connectivity index (χ1n) is 7.38. The van der Waals surface area contributed by atoms with Gasteiger partial charge in [0.1, 0.15) is 17.8 Å². The van der Waals surface area contributed by atoms with Crippen LogP contribution in [0.15, 0.2) is 53.5 Å². The second-order valence-electron chi connectivity index (χ2n) is 5.19. The van der Waals surface area contributed by atoms with Crippen LogP contribution in [0, 0.1) is 0 Å². The highest BCUT2D eigenvalue weighted by Crippen LogP contribution is 2.23. The molecule has 2 amide bonds. The van der Waals surface area contributed by atoms with Gasteiger partial charge in [-0.15, -0.1) is 0 Å². The van der Waals surface area contributed by atoms with Crippen LogP contribution in [-0.4, -0.2) is 45.6 Å². The molecule has 0 saturated carbocycles. The summed E-state index contributed by atoms with van der Waals surface area (Å²) in [6.07, 6.45) is 1.49. The molecule has 0 atom stereocenters. The highest BCUT2D eigenvalue weighted by atomic mass is 16.5. The van der Waals surface area contributed by atoms with E-state index in [9.17, 15) is 4.79 Å². The van der Waals surface area contributed by atoms with Gasteiger partial charge in [-0.25, -0.2) is 9.79 Å². The first kappa shape index (κ1) is 17.3. The first-order chi connectivity index (χ1) is 11.5. The molecule has 2 rings (SSSR count). The number of urea groups is 1. The van der Waals surface area contributed by atoms with Crippen molar-refractivity contribution in [2.75, 3.05) is 33.2 Å². The first-order valence-corrected chi connectivity index (χ1v) is 7.38. The molecule has 0 bridgehead atoms. The maximum absolute atomic E-state index is 12.5. The number of hydrogen-bond donors (Lipinski definition) is 0. The van der Waals surface area contributed by atoms with Crippen molar-refractivity contribution >= 4 is 23.7 Å². The molecule has 0 unspecified atom stereocenters. The highest BCUT2D eigenvalue weighted by Gasteiger charge is 2.16. The lowest BCUT2D eigenvalue weighted by Gasteiger charge is -2.22. The third-order valence-electron chi connectivity index (χ3n) is 3.30. The summed E-state index contributed by atoms with van der Waals surface area (Å²) < 4.78 is 10.4. The summed E-state index contributed by atoms with van der Waals surface area (Å²) in [6.45, 7) is 0. The van der Waals surface area contributed by atoms with Gasteiger partial charge in [0.2, 0.25) is 0 Å². The molecular weight excluding hydrogens is 306 g/mol. The fourth-order valence-corrected chi connectivity index (χ4v) is 2.02. The molecule has 2 aromatic carbocycles. The number of carbonyl (C=O) groups excluding carboxylic acids is 1. The van der Waals surface area contributed by atoms with Crippen LogP contribution in [0.4, 0.5) is 16.2 Å². The van der Waals surface area contributed by atoms with E-state index >= 15 is 0 Å². The van der Waals surface area contributed by atoms with Crippen LogP contribution in [-0.2, 0) is 0 Å². The van der Waals surface area contributed by atoms with E-state index in [1.807, 2.05) is 36.4 Å². The van der Waals surface area contributed by atoms with E-state index in [1.54, 1.807) is 40.4 Å². The second kappa shape index (κ2) is 8.01. The van der Waals surface area contributed by atoms with Crippen molar-refractivity contribution in [1.29, 1.82) is 0 Å². The Hall–Kier alpha value is -3.02. The van der Waals surface area contributed by atoms with Crippen LogP contribution < -0.4 is 14.4 Å². The number of aliphatic imine (C=N–C) groups is 1. The number of hydrogen-bond acceptors (Lipinski definition) is 4. The van der Waals surface area contributed by atoms with Crippen molar-refractivity contribution in [3.8, 4) is 11.5 Å². The van der Waals surface area contributed by atoms with Gasteiger partial charge in [-0.3, -0.25) is 4.90 Å². The minimum atomic E-state index is -0.213. The Bertz CT molecular complexity index is 729. The Morgan fingerprint density at radius 2 is 1.62 bits per heavy atom. The predicted molar refractivity (Wildman–Crippen MR) is 95.7 cm³/mol. The number of anilines is 1. The van der Waals surface area contributed by atoms with Gasteiger partial charge in [0.15, 0.2) is 0 Å². The summed E-state index contributed by atoms with van der Waals surface area (Å²) in [5, 5.41) is 0. The number of ether oxygens (including phenoxy) is 2. The SMILES string of the molecule is COc1cccc(N=CN(C(=O)N(C)C)c2cccc(OC)c2)c1. The number of methoxy groups -OCH3 is 2. The van der Waals surface area contributed by atoms with E-state index in [0.717, 1.165) is 0 Å². The molecule has 0 spiro atoms. The van der Waals surface area contributed by atoms with E-state index in [-0.39, 0.29) is 6.03 Å². The number of amides is 2. The molecule has 0 fully saturated rings. The largest absolute Gasteiger partial charge is 0.497 e. The van der Waals surface area contributed by atoms with Gasteiger partial charge in [0.05, 0.1) is 25.6 Å². The van der Waals surface area contributed by atoms with E-state index < -0.39 is 0 Å². The molecule has 24 heavy (non-hydrogen) atoms. The van der Waals surface area contributed by atoms with Crippen molar-refractivity contribution in [2.24, 2.45) is 4.99 Å². The molecule has 126 valence electrons. The van der Waals surface area contributed by atoms with Crippen molar-refractivity contribution in [3.63, 3.8) is 0 Å². The maximum Gasteiger partial charge on any atom is 0.329 e. The number of carbonyl (C=O) groups is 1. The summed E-state index contributed by atoms with van der Waals surface area (Å²) in [6, 6.07) is 14.3. The molecule has 0 aliphatic rings. The van der Waals surface area contributed by atoms with Gasteiger partial charge >= 0.3 is 6.03 Å². The minimum Gasteiger partial charge on any atom is -0.497 e. The molecule has 0 aliphatic heterocycles. The van der Waals surface area contributed by atoms with Gasteiger partial charge in [-0.1, -0.05) is 12.1 Å². The summed E-state index contributed by atoms with van der Waals surface area (Å²) in [5.41, 5.74) is 1.36. The Labute approximate surface area is 141 Å². The standard InChI is InChI=1S/C18H21N3O3/c1-20(2)18(22)21(15-8-6-10-17(12-15)24-4)13-19-14-7-5-9-16(11-14)23-3/h5-13H,1-4H3. The maximum atomic E-state index is 12.5. The lowest BCUT2D eigenvalue weighted by Crippen LogP contribution is -2.38. The molecule has 6 heteroatoms. The summed E-state index contributed by atoms with van der Waals surface area (Å²) in [5.74, 6) is 1.37. The van der Waals surface area contributed by atoms with Crippen molar-refractivity contribution < 1.29 is 14.3 Å². The summed E-state index contributed by atoms with van der Waals surface area (Å²) in [4.78, 5) is 19.8. The monoisotopic (exact) mass is 327 g/mol. The smallest absolute Gasteiger partial charge is 0.329 e. The minimum absolute atomic E-state index is 0.213. The molecule has 6 nitrogen and oxygen atoms in total. The Kier molecular flexibility index (Phi) is 5.78. The van der Waals surface area contributed by atoms with Crippen LogP contribution in [0.1, 0.15) is 0 Å². The predicted octanol–water partition coefficient (Wildman–Crippen LogP) is 3.55. The van der Waals surface area contributed by atoms with E-state index in [1.165, 1.54) is 16.1 Å². The zero-order chi connectivity index (χ0) is 17.5. The quantitative estimate of drug-likeness (QED) is 0.623. The average molecular weight is 327 g/mol. The lowest BCUT2D eigenvalue weighted by molar-refractivity contribution is 0.227. The lowest BCUT2D eigenvalue weighted by atomic mass is 10.3. The molecule has 0 aliphatic carbocycles. The van der Waals surface area contributed by atoms with Gasteiger partial charge in [0.25, 0.3) is 0 Å². The Morgan fingerprint density at radius 1 is 1.00 bits per heavy atom. The zero-order valence-corrected chi connectivity index (χ0v) is 14.3. The molecular formula is C18H21N3O3. The van der Waals surface area contributed by atoms with E-state index in [2.05, 4.69) is 4.99 Å². The van der Waals surface area contributed by atoms with E-state index in [4.69, 9.17) is 9.47 Å². The molecule has 0 N–H and O–H groups in total. The third-order valence-corrected chi connectivity index (χ3v) is 3.30. The second-order valence-corrected chi connectivity index (χ2v) is 5.19. The van der Waals surface area contributed by atoms with Crippen LogP contribution in [0.2, 0.25) is 0 Å². The fourth-order valence-electron chi connectivity index (χ4n) is 2.02. The van der Waals surface area contributed by atoms with Gasteiger partial charge in [0, 0.05) is 26.2 Å². The third kappa shape index (κ3) is 4.25. The summed E-state index contributed by atoms with van der Waals surface area (Å²) >= 11 is 0. The molecule has 2 aromatic rings. The van der Waals surface area contributed by atoms with Gasteiger partial charge < -0.3 is 14.4 Å². The molecule has 0 radical (unpaired) electrons. The number of benzene rings is 2. The van der Waals surface area contributed by atoms with Crippen molar-refractivity contribution in [2.45, 2.75) is 0 Å². The van der Waals surface area contributed by atoms with Crippen LogP contribution in [0.3, 0.4) is 0 Å². The highest BCUT2D eigenvalue weighted by molar-refractivity contribution is 6.07. The fraction of sp³-hybridized carbons (Fsp3) is 0.222. The van der Waals surface area contributed by atoms with Crippen LogP contribution in [0.25, 0.3) is 0 Å². The number of nitrogens with zero attached hydrogens (tertiary/aromatic N) is 3. The average Bonchev–Trinajstić information content (AvgIpc) is 2.62. The van der Waals surface area contributed by atoms with Crippen LogP contribution >= 0.6 is 0 Å². The van der Waals surface area contributed by atoms with Crippen molar-refractivity contribution in [1.82, 2.24) is 4.90 Å². The van der Waals surface area contributed by atoms with Crippen molar-refractivity contribution in [3.05, 3.63) is 48.5 Å². The van der Waals surface area contributed by atoms with Gasteiger partial charge in [-0.05, 0) is 24.3 Å². The van der Waals surface area contributed by atoms with Gasteiger partial charge in [-0.2, -0.15) is 0 Å². The molecule has 0 aromatic heterocycles. The molecule has 0 saturated heterocycles. The zero-order valence-electron chi connectivity index (χ0n) is 14.3. The number of rotatable bonds is 5. The summed E-state index contributed by atoms with van der Waals surface area (Å²) in [7, 11) is 6.56. The Morgan fingerprint density at radius 3 is 2.25 bits per heavy atom. The van der Waals surface area contributed by atoms with Crippen LogP contribution in [0.5, 0.6) is 11.5 Å². The molecule has 0 heterocycles.